The van der Waals surface area contributed by atoms with Crippen LogP contribution in [0.4, 0.5) is 8.78 Å². The van der Waals surface area contributed by atoms with E-state index in [-0.39, 0.29) is 0 Å². The lowest BCUT2D eigenvalue weighted by Gasteiger charge is -2.18. The minimum Gasteiger partial charge on any atom is -0.320 e. The minimum atomic E-state index is -5.54. The van der Waals surface area contributed by atoms with Gasteiger partial charge < -0.3 is 9.79 Å². The van der Waals surface area contributed by atoms with E-state index in [0.29, 0.717) is 11.1 Å². The first-order valence-electron chi connectivity index (χ1n) is 5.83. The summed E-state index contributed by atoms with van der Waals surface area (Å²) in [5.41, 5.74) is -2.71. The van der Waals surface area contributed by atoms with E-state index in [9.17, 15) is 13.3 Å². The van der Waals surface area contributed by atoms with Crippen LogP contribution in [0.3, 0.4) is 0 Å². The summed E-state index contributed by atoms with van der Waals surface area (Å²) in [5.74, 6) is 0. The Hall–Kier alpha value is -1.55. The van der Waals surface area contributed by atoms with Crippen molar-refractivity contribution in [1.82, 2.24) is 0 Å². The van der Waals surface area contributed by atoms with Crippen molar-refractivity contribution in [2.45, 2.75) is 12.6 Å². The maximum absolute atomic E-state index is 13.7. The third kappa shape index (κ3) is 2.80. The largest absolute Gasteiger partial charge is 0.399 e. The van der Waals surface area contributed by atoms with E-state index < -0.39 is 18.8 Å². The first-order chi connectivity index (χ1) is 9.22. The van der Waals surface area contributed by atoms with Crippen LogP contribution in [0.5, 0.6) is 0 Å². The number of hydrogen-bond donors (Lipinski definition) is 2. The van der Waals surface area contributed by atoms with Crippen LogP contribution in [0.1, 0.15) is 11.1 Å². The van der Waals surface area contributed by atoms with Gasteiger partial charge in [0.2, 0.25) is 0 Å². The van der Waals surface area contributed by atoms with Crippen molar-refractivity contribution in [2.75, 3.05) is 0 Å². The molecule has 2 aromatic rings. The Bertz CT molecular complexity index is 680. The Morgan fingerprint density at radius 1 is 1.00 bits per heavy atom. The maximum atomic E-state index is 13.7. The molecule has 0 aromatic heterocycles. The lowest BCUT2D eigenvalue weighted by molar-refractivity contribution is 0.0565. The fraction of sp³-hybridized carbons (Fsp3) is 0.143. The third-order valence-corrected chi connectivity index (χ3v) is 3.92. The highest BCUT2D eigenvalue weighted by molar-refractivity contribution is 7.52. The van der Waals surface area contributed by atoms with Crippen LogP contribution in [-0.4, -0.2) is 9.79 Å². The molecule has 0 saturated carbocycles. The number of alkyl halides is 2. The first kappa shape index (κ1) is 14.9. The summed E-state index contributed by atoms with van der Waals surface area (Å²) in [4.78, 5) is 17.5. The summed E-state index contributed by atoms with van der Waals surface area (Å²) in [6.07, 6.45) is 0. The van der Waals surface area contributed by atoms with Crippen molar-refractivity contribution in [2.24, 2.45) is 0 Å². The van der Waals surface area contributed by atoms with Crippen molar-refractivity contribution >= 4 is 7.60 Å². The van der Waals surface area contributed by atoms with Crippen LogP contribution in [0, 0.1) is 6.92 Å². The molecule has 0 aliphatic carbocycles. The van der Waals surface area contributed by atoms with Crippen LogP contribution >= 0.6 is 7.60 Å². The van der Waals surface area contributed by atoms with Gasteiger partial charge in [-0.1, -0.05) is 48.0 Å². The van der Waals surface area contributed by atoms with Crippen LogP contribution in [-0.2, 0) is 10.2 Å². The molecule has 0 unspecified atom stereocenters. The summed E-state index contributed by atoms with van der Waals surface area (Å²) < 4.78 is 38.2. The van der Waals surface area contributed by atoms with Gasteiger partial charge in [0.05, 0.1) is 0 Å². The molecule has 20 heavy (non-hydrogen) atoms. The third-order valence-electron chi connectivity index (χ3n) is 2.93. The topological polar surface area (TPSA) is 57.5 Å². The molecule has 2 aromatic carbocycles. The molecule has 0 atom stereocenters. The Morgan fingerprint density at radius 3 is 2.10 bits per heavy atom. The van der Waals surface area contributed by atoms with Crippen LogP contribution in [0.25, 0.3) is 11.1 Å². The second kappa shape index (κ2) is 5.09. The molecule has 0 bridgehead atoms. The zero-order chi connectivity index (χ0) is 15.0. The normalized spacial score (nSPS) is 12.4. The summed E-state index contributed by atoms with van der Waals surface area (Å²) in [6, 6.07) is 12.3. The lowest BCUT2D eigenvalue weighted by Crippen LogP contribution is -2.13. The zero-order valence-electron chi connectivity index (χ0n) is 10.6. The zero-order valence-corrected chi connectivity index (χ0v) is 11.5. The van der Waals surface area contributed by atoms with E-state index in [2.05, 4.69) is 0 Å². The van der Waals surface area contributed by atoms with Crippen molar-refractivity contribution in [3.8, 4) is 11.1 Å². The Morgan fingerprint density at radius 2 is 1.55 bits per heavy atom. The average Bonchev–Trinajstić information content (AvgIpc) is 2.37. The van der Waals surface area contributed by atoms with Gasteiger partial charge in [-0.15, -0.1) is 0 Å². The smallest absolute Gasteiger partial charge is 0.320 e. The number of benzene rings is 2. The van der Waals surface area contributed by atoms with Gasteiger partial charge in [0.1, 0.15) is 0 Å². The molecule has 106 valence electrons. The molecule has 0 heterocycles. The molecule has 0 radical (unpaired) electrons. The first-order valence-corrected chi connectivity index (χ1v) is 7.44. The highest BCUT2D eigenvalue weighted by Gasteiger charge is 2.50. The molecule has 0 aliphatic rings. The van der Waals surface area contributed by atoms with Gasteiger partial charge >= 0.3 is 13.3 Å². The Balaban J connectivity index is 2.51. The molecular formula is C14H13F2O3P. The van der Waals surface area contributed by atoms with E-state index in [1.807, 2.05) is 19.1 Å². The number of hydrogen-bond acceptors (Lipinski definition) is 1. The van der Waals surface area contributed by atoms with E-state index in [1.165, 1.54) is 6.07 Å². The van der Waals surface area contributed by atoms with Crippen molar-refractivity contribution < 1.29 is 23.1 Å². The molecule has 0 fully saturated rings. The number of halogens is 2. The Labute approximate surface area is 115 Å². The second-order valence-electron chi connectivity index (χ2n) is 4.54. The van der Waals surface area contributed by atoms with Gasteiger partial charge in [-0.25, -0.2) is 0 Å². The van der Waals surface area contributed by atoms with Crippen molar-refractivity contribution in [3.05, 3.63) is 59.7 Å². The highest BCUT2D eigenvalue weighted by atomic mass is 31.2. The maximum Gasteiger partial charge on any atom is 0.399 e. The van der Waals surface area contributed by atoms with Gasteiger partial charge in [0.25, 0.3) is 0 Å². The molecule has 2 N–H and O–H groups in total. The molecule has 2 rings (SSSR count). The predicted octanol–water partition coefficient (Wildman–Crippen LogP) is 3.89. The van der Waals surface area contributed by atoms with Gasteiger partial charge in [0, 0.05) is 5.56 Å². The van der Waals surface area contributed by atoms with Crippen molar-refractivity contribution in [3.63, 3.8) is 0 Å². The standard InChI is InChI=1S/C14H13F2O3P/c1-10-4-2-5-11(8-10)12-6-3-7-13(9-12)14(15,16)20(17,18)19/h2-9H,1H3,(H2,17,18,19). The molecule has 0 spiro atoms. The molecule has 0 saturated heterocycles. The molecular weight excluding hydrogens is 285 g/mol. The Kier molecular flexibility index (Phi) is 3.78. The summed E-state index contributed by atoms with van der Waals surface area (Å²) >= 11 is 0. The van der Waals surface area contributed by atoms with Gasteiger partial charge in [0.15, 0.2) is 0 Å². The lowest BCUT2D eigenvalue weighted by atomic mass is 10.0. The van der Waals surface area contributed by atoms with E-state index in [1.54, 1.807) is 18.2 Å². The van der Waals surface area contributed by atoms with Crippen LogP contribution < -0.4 is 0 Å². The van der Waals surface area contributed by atoms with Gasteiger partial charge in [-0.2, -0.15) is 8.78 Å². The molecule has 6 heteroatoms. The molecule has 0 amide bonds. The monoisotopic (exact) mass is 298 g/mol. The SMILES string of the molecule is Cc1cccc(-c2cccc(C(F)(F)P(=O)(O)O)c2)c1. The van der Waals surface area contributed by atoms with Gasteiger partial charge in [-0.3, -0.25) is 4.57 Å². The molecule has 0 aliphatic heterocycles. The van der Waals surface area contributed by atoms with Crippen LogP contribution in [0.2, 0.25) is 0 Å². The highest BCUT2D eigenvalue weighted by Crippen LogP contribution is 2.59. The van der Waals surface area contributed by atoms with Crippen LogP contribution in [0.15, 0.2) is 48.5 Å². The van der Waals surface area contributed by atoms with Gasteiger partial charge in [-0.05, 0) is 24.1 Å². The molecule has 3 nitrogen and oxygen atoms in total. The quantitative estimate of drug-likeness (QED) is 0.845. The fourth-order valence-electron chi connectivity index (χ4n) is 1.88. The fourth-order valence-corrected chi connectivity index (χ4v) is 2.35. The van der Waals surface area contributed by atoms with E-state index in [4.69, 9.17) is 9.79 Å². The predicted molar refractivity (Wildman–Crippen MR) is 72.6 cm³/mol. The summed E-state index contributed by atoms with van der Waals surface area (Å²) in [7, 11) is -5.54. The minimum absolute atomic E-state index is 0.485. The summed E-state index contributed by atoms with van der Waals surface area (Å²) in [5, 5.41) is 0. The van der Waals surface area contributed by atoms with E-state index in [0.717, 1.165) is 17.7 Å². The van der Waals surface area contributed by atoms with Crippen molar-refractivity contribution in [1.29, 1.82) is 0 Å². The average molecular weight is 298 g/mol. The number of aryl methyl sites for hydroxylation is 1. The van der Waals surface area contributed by atoms with E-state index >= 15 is 0 Å². The number of rotatable bonds is 3. The second-order valence-corrected chi connectivity index (χ2v) is 6.19. The summed E-state index contributed by atoms with van der Waals surface area (Å²) in [6.45, 7) is 1.87.